The first-order chi connectivity index (χ1) is 12.0. The van der Waals surface area contributed by atoms with E-state index in [1.54, 1.807) is 10.6 Å². The van der Waals surface area contributed by atoms with Crippen molar-refractivity contribution in [2.24, 2.45) is 5.41 Å². The molecule has 0 unspecified atom stereocenters. The van der Waals surface area contributed by atoms with Crippen LogP contribution in [0.3, 0.4) is 0 Å². The van der Waals surface area contributed by atoms with Gasteiger partial charge in [0.05, 0.1) is 11.1 Å². The highest BCUT2D eigenvalue weighted by molar-refractivity contribution is 9.10. The van der Waals surface area contributed by atoms with Gasteiger partial charge in [0.15, 0.2) is 0 Å². The van der Waals surface area contributed by atoms with Gasteiger partial charge in [-0.05, 0) is 36.8 Å². The summed E-state index contributed by atoms with van der Waals surface area (Å²) < 4.78 is 42.5. The number of carbonyl (C=O) groups excluding carboxylic acids is 1. The van der Waals surface area contributed by atoms with Crippen LogP contribution in [0.25, 0.3) is 11.0 Å². The highest BCUT2D eigenvalue weighted by atomic mass is 79.9. The molecule has 1 aromatic carbocycles. The number of halogens is 4. The lowest BCUT2D eigenvalue weighted by atomic mass is 9.92. The van der Waals surface area contributed by atoms with Gasteiger partial charge in [-0.3, -0.25) is 10.1 Å². The van der Waals surface area contributed by atoms with Crippen molar-refractivity contribution in [3.8, 4) is 0 Å². The zero-order chi connectivity index (χ0) is 19.3. The maximum absolute atomic E-state index is 13.5. The molecule has 0 aliphatic heterocycles. The van der Waals surface area contributed by atoms with Gasteiger partial charge < -0.3 is 4.57 Å². The molecule has 0 atom stereocenters. The Bertz CT molecular complexity index is 848. The van der Waals surface area contributed by atoms with Crippen LogP contribution in [0.15, 0.2) is 16.6 Å². The number of hydrogen-bond acceptors (Lipinski definition) is 2. The van der Waals surface area contributed by atoms with E-state index < -0.39 is 11.7 Å². The average Bonchev–Trinajstić information content (AvgIpc) is 2.71. The first-order valence-electron chi connectivity index (χ1n) is 8.54. The van der Waals surface area contributed by atoms with Crippen LogP contribution in [0.5, 0.6) is 0 Å². The number of alkyl halides is 3. The molecule has 0 saturated heterocycles. The number of fused-ring (bicyclic) bond motifs is 1. The minimum absolute atomic E-state index is 0.0559. The number of benzene rings is 1. The van der Waals surface area contributed by atoms with Crippen molar-refractivity contribution in [1.29, 1.82) is 0 Å². The minimum Gasteiger partial charge on any atom is -0.307 e. The molecule has 1 saturated carbocycles. The Morgan fingerprint density at radius 1 is 1.31 bits per heavy atom. The van der Waals surface area contributed by atoms with Gasteiger partial charge in [0, 0.05) is 16.9 Å². The van der Waals surface area contributed by atoms with Crippen molar-refractivity contribution in [1.82, 2.24) is 9.55 Å². The summed E-state index contributed by atoms with van der Waals surface area (Å²) in [7, 11) is 0. The Hall–Kier alpha value is -1.57. The first-order valence-corrected chi connectivity index (χ1v) is 9.33. The van der Waals surface area contributed by atoms with E-state index in [4.69, 9.17) is 0 Å². The third kappa shape index (κ3) is 3.89. The third-order valence-electron chi connectivity index (χ3n) is 4.45. The fourth-order valence-corrected chi connectivity index (χ4v) is 3.57. The number of imidazole rings is 1. The fourth-order valence-electron chi connectivity index (χ4n) is 3.13. The van der Waals surface area contributed by atoms with Gasteiger partial charge in [-0.25, -0.2) is 4.98 Å². The zero-order valence-corrected chi connectivity index (χ0v) is 16.5. The van der Waals surface area contributed by atoms with Crippen molar-refractivity contribution >= 4 is 38.8 Å². The second-order valence-electron chi connectivity index (χ2n) is 7.99. The zero-order valence-electron chi connectivity index (χ0n) is 14.9. The number of carbonyl (C=O) groups is 1. The lowest BCUT2D eigenvalue weighted by Gasteiger charge is -2.29. The van der Waals surface area contributed by atoms with Crippen LogP contribution in [0, 0.1) is 5.41 Å². The van der Waals surface area contributed by atoms with E-state index in [1.807, 2.05) is 20.8 Å². The average molecular weight is 432 g/mol. The lowest BCUT2D eigenvalue weighted by Crippen LogP contribution is -2.24. The van der Waals surface area contributed by atoms with Gasteiger partial charge >= 0.3 is 6.18 Å². The molecular formula is C18H21BrF3N3O. The molecule has 1 heterocycles. The second kappa shape index (κ2) is 6.55. The van der Waals surface area contributed by atoms with Crippen LogP contribution in [0.4, 0.5) is 19.1 Å². The van der Waals surface area contributed by atoms with E-state index in [-0.39, 0.29) is 35.2 Å². The molecule has 1 aromatic heterocycles. The Kier molecular flexibility index (Phi) is 4.83. The standard InChI is InChI=1S/C18H21BrF3N3O/c1-17(2,3)9-14(26)23-16-24-15-12(18(20,21)22)7-10(19)8-13(15)25(16)11-5-4-6-11/h7-8,11H,4-6,9H2,1-3H3,(H,23,24,26). The Morgan fingerprint density at radius 3 is 2.46 bits per heavy atom. The van der Waals surface area contributed by atoms with Gasteiger partial charge in [-0.1, -0.05) is 36.7 Å². The van der Waals surface area contributed by atoms with Gasteiger partial charge in [-0.2, -0.15) is 13.2 Å². The molecule has 4 nitrogen and oxygen atoms in total. The fraction of sp³-hybridized carbons (Fsp3) is 0.556. The summed E-state index contributed by atoms with van der Waals surface area (Å²) >= 11 is 3.17. The molecule has 1 amide bonds. The summed E-state index contributed by atoms with van der Waals surface area (Å²) in [6, 6.07) is 2.72. The highest BCUT2D eigenvalue weighted by Gasteiger charge is 2.36. The second-order valence-corrected chi connectivity index (χ2v) is 8.91. The van der Waals surface area contributed by atoms with Crippen LogP contribution in [0.2, 0.25) is 0 Å². The molecule has 0 radical (unpaired) electrons. The van der Waals surface area contributed by atoms with Crippen molar-refractivity contribution in [3.05, 3.63) is 22.2 Å². The molecule has 26 heavy (non-hydrogen) atoms. The largest absolute Gasteiger partial charge is 0.418 e. The van der Waals surface area contributed by atoms with Crippen molar-refractivity contribution in [2.45, 2.75) is 58.7 Å². The van der Waals surface area contributed by atoms with Crippen LogP contribution >= 0.6 is 15.9 Å². The maximum Gasteiger partial charge on any atom is 0.418 e. The minimum atomic E-state index is -4.52. The highest BCUT2D eigenvalue weighted by Crippen LogP contribution is 2.42. The van der Waals surface area contributed by atoms with E-state index in [9.17, 15) is 18.0 Å². The molecule has 1 fully saturated rings. The lowest BCUT2D eigenvalue weighted by molar-refractivity contribution is -0.136. The van der Waals surface area contributed by atoms with Gasteiger partial charge in [0.2, 0.25) is 11.9 Å². The monoisotopic (exact) mass is 431 g/mol. The molecule has 0 bridgehead atoms. The summed E-state index contributed by atoms with van der Waals surface area (Å²) in [4.78, 5) is 16.5. The van der Waals surface area contributed by atoms with E-state index in [2.05, 4.69) is 26.2 Å². The summed E-state index contributed by atoms with van der Waals surface area (Å²) in [5.41, 5.74) is -0.759. The molecule has 3 rings (SSSR count). The van der Waals surface area contributed by atoms with E-state index >= 15 is 0 Å². The molecular weight excluding hydrogens is 411 g/mol. The summed E-state index contributed by atoms with van der Waals surface area (Å²) in [6.45, 7) is 5.79. The molecule has 8 heteroatoms. The van der Waals surface area contributed by atoms with E-state index in [0.29, 0.717) is 9.99 Å². The first kappa shape index (κ1) is 19.2. The van der Waals surface area contributed by atoms with Gasteiger partial charge in [0.1, 0.15) is 5.52 Å². The predicted octanol–water partition coefficient (Wildman–Crippen LogP) is 5.92. The van der Waals surface area contributed by atoms with Gasteiger partial charge in [0.25, 0.3) is 0 Å². The van der Waals surface area contributed by atoms with Crippen LogP contribution < -0.4 is 5.32 Å². The molecule has 2 aromatic rings. The van der Waals surface area contributed by atoms with Crippen LogP contribution in [0.1, 0.15) is 58.1 Å². The Balaban J connectivity index is 2.11. The number of nitrogens with one attached hydrogen (secondary N) is 1. The molecule has 142 valence electrons. The molecule has 0 spiro atoms. The Labute approximate surface area is 158 Å². The maximum atomic E-state index is 13.5. The van der Waals surface area contributed by atoms with Crippen molar-refractivity contribution in [3.63, 3.8) is 0 Å². The topological polar surface area (TPSA) is 46.9 Å². The molecule has 1 aliphatic rings. The smallest absolute Gasteiger partial charge is 0.307 e. The number of anilines is 1. The number of amides is 1. The summed E-state index contributed by atoms with van der Waals surface area (Å²) in [5, 5.41) is 2.73. The van der Waals surface area contributed by atoms with Gasteiger partial charge in [-0.15, -0.1) is 0 Å². The van der Waals surface area contributed by atoms with Crippen molar-refractivity contribution < 1.29 is 18.0 Å². The predicted molar refractivity (Wildman–Crippen MR) is 98.0 cm³/mol. The normalized spacial score (nSPS) is 16.0. The molecule has 1 aliphatic carbocycles. The van der Waals surface area contributed by atoms with Crippen LogP contribution in [-0.4, -0.2) is 15.5 Å². The van der Waals surface area contributed by atoms with E-state index in [1.165, 1.54) is 0 Å². The Morgan fingerprint density at radius 2 is 1.96 bits per heavy atom. The van der Waals surface area contributed by atoms with Crippen molar-refractivity contribution in [2.75, 3.05) is 5.32 Å². The van der Waals surface area contributed by atoms with Crippen LogP contribution in [-0.2, 0) is 11.0 Å². The summed E-state index contributed by atoms with van der Waals surface area (Å²) in [5.74, 6) is -0.0523. The third-order valence-corrected chi connectivity index (χ3v) is 4.91. The number of nitrogens with zero attached hydrogens (tertiary/aromatic N) is 2. The number of hydrogen-bond donors (Lipinski definition) is 1. The SMILES string of the molecule is CC(C)(C)CC(=O)Nc1nc2c(C(F)(F)F)cc(Br)cc2n1C1CCC1. The number of aromatic nitrogens is 2. The summed E-state index contributed by atoms with van der Waals surface area (Å²) in [6.07, 6.45) is -1.52. The molecule has 1 N–H and O–H groups in total. The number of rotatable bonds is 3. The quantitative estimate of drug-likeness (QED) is 0.655. The van der Waals surface area contributed by atoms with E-state index in [0.717, 1.165) is 25.3 Å².